The number of nitrogens with zero attached hydrogens (tertiary/aromatic N) is 1. The van der Waals surface area contributed by atoms with Gasteiger partial charge in [-0.3, -0.25) is 9.69 Å². The molecule has 1 saturated heterocycles. The SMILES string of the molecule is CC(c1ccc(-c2cc3cc(CCc4ccccc4)ccc3o2)c(F)c1)N1CC(C(=O)O)C1. The topological polar surface area (TPSA) is 53.7 Å². The van der Waals surface area contributed by atoms with Crippen molar-refractivity contribution in [2.75, 3.05) is 13.1 Å². The molecule has 1 N–H and O–H groups in total. The van der Waals surface area contributed by atoms with Crippen LogP contribution in [0.3, 0.4) is 0 Å². The van der Waals surface area contributed by atoms with E-state index in [1.165, 1.54) is 17.2 Å². The van der Waals surface area contributed by atoms with Crippen LogP contribution in [0.5, 0.6) is 0 Å². The highest BCUT2D eigenvalue weighted by molar-refractivity contribution is 5.83. The molecule has 1 aromatic heterocycles. The summed E-state index contributed by atoms with van der Waals surface area (Å²) in [4.78, 5) is 13.1. The molecule has 5 rings (SSSR count). The summed E-state index contributed by atoms with van der Waals surface area (Å²) in [5.74, 6) is -0.924. The van der Waals surface area contributed by atoms with Crippen molar-refractivity contribution >= 4 is 16.9 Å². The minimum absolute atomic E-state index is 0.0352. The number of halogens is 1. The van der Waals surface area contributed by atoms with Crippen molar-refractivity contribution in [1.29, 1.82) is 0 Å². The number of hydrogen-bond acceptors (Lipinski definition) is 3. The number of likely N-dealkylation sites (tertiary alicyclic amines) is 1. The van der Waals surface area contributed by atoms with Gasteiger partial charge in [0.1, 0.15) is 17.2 Å². The summed E-state index contributed by atoms with van der Waals surface area (Å²) in [5, 5.41) is 10.0. The Morgan fingerprint density at radius 2 is 1.79 bits per heavy atom. The van der Waals surface area contributed by atoms with Crippen molar-refractivity contribution in [3.8, 4) is 11.3 Å². The molecule has 1 atom stereocenters. The molecule has 1 fully saturated rings. The fourth-order valence-electron chi connectivity index (χ4n) is 4.50. The summed E-state index contributed by atoms with van der Waals surface area (Å²) in [6.07, 6.45) is 1.90. The van der Waals surface area contributed by atoms with E-state index in [-0.39, 0.29) is 17.8 Å². The molecule has 33 heavy (non-hydrogen) atoms. The third-order valence-electron chi connectivity index (χ3n) is 6.67. The first-order valence-corrected chi connectivity index (χ1v) is 11.3. The smallest absolute Gasteiger partial charge is 0.309 e. The highest BCUT2D eigenvalue weighted by atomic mass is 19.1. The van der Waals surface area contributed by atoms with Gasteiger partial charge < -0.3 is 9.52 Å². The number of fused-ring (bicyclic) bond motifs is 1. The lowest BCUT2D eigenvalue weighted by Crippen LogP contribution is -2.51. The lowest BCUT2D eigenvalue weighted by atomic mass is 9.94. The number of rotatable bonds is 7. The zero-order valence-electron chi connectivity index (χ0n) is 18.5. The van der Waals surface area contributed by atoms with E-state index in [1.54, 1.807) is 6.07 Å². The van der Waals surface area contributed by atoms with Gasteiger partial charge in [-0.2, -0.15) is 0 Å². The molecular formula is C28H26FNO3. The van der Waals surface area contributed by atoms with E-state index in [2.05, 4.69) is 36.4 Å². The molecule has 4 aromatic rings. The minimum atomic E-state index is -0.770. The molecule has 0 bridgehead atoms. The maximum atomic E-state index is 15.0. The highest BCUT2D eigenvalue weighted by Crippen LogP contribution is 2.34. The third kappa shape index (κ3) is 4.41. The number of carbonyl (C=O) groups is 1. The number of aliphatic carboxylic acids is 1. The molecule has 0 saturated carbocycles. The largest absolute Gasteiger partial charge is 0.481 e. The second-order valence-corrected chi connectivity index (χ2v) is 8.87. The van der Waals surface area contributed by atoms with Gasteiger partial charge in [0.15, 0.2) is 0 Å². The number of hydrogen-bond donors (Lipinski definition) is 1. The molecule has 168 valence electrons. The monoisotopic (exact) mass is 443 g/mol. The van der Waals surface area contributed by atoms with E-state index in [1.807, 2.05) is 36.1 Å². The summed E-state index contributed by atoms with van der Waals surface area (Å²) < 4.78 is 21.0. The third-order valence-corrected chi connectivity index (χ3v) is 6.67. The zero-order valence-corrected chi connectivity index (χ0v) is 18.5. The molecule has 3 aromatic carbocycles. The maximum absolute atomic E-state index is 15.0. The average molecular weight is 444 g/mol. The van der Waals surface area contributed by atoms with Crippen LogP contribution in [0.25, 0.3) is 22.3 Å². The fraction of sp³-hybridized carbons (Fsp3) is 0.250. The minimum Gasteiger partial charge on any atom is -0.481 e. The van der Waals surface area contributed by atoms with Gasteiger partial charge in [-0.05, 0) is 66.8 Å². The van der Waals surface area contributed by atoms with Crippen molar-refractivity contribution in [3.63, 3.8) is 0 Å². The van der Waals surface area contributed by atoms with E-state index in [0.717, 1.165) is 29.4 Å². The molecule has 1 aliphatic heterocycles. The van der Waals surface area contributed by atoms with Gasteiger partial charge in [-0.25, -0.2) is 4.39 Å². The van der Waals surface area contributed by atoms with Crippen LogP contribution < -0.4 is 0 Å². The predicted molar refractivity (Wildman–Crippen MR) is 127 cm³/mol. The Labute approximate surface area is 192 Å². The van der Waals surface area contributed by atoms with Crippen molar-refractivity contribution < 1.29 is 18.7 Å². The highest BCUT2D eigenvalue weighted by Gasteiger charge is 2.35. The summed E-state index contributed by atoms with van der Waals surface area (Å²) in [6.45, 7) is 2.97. The Kier molecular flexibility index (Phi) is 5.73. The molecule has 2 heterocycles. The van der Waals surface area contributed by atoms with Crippen LogP contribution in [-0.4, -0.2) is 29.1 Å². The van der Waals surface area contributed by atoms with Gasteiger partial charge >= 0.3 is 5.97 Å². The van der Waals surface area contributed by atoms with Crippen LogP contribution in [0.4, 0.5) is 4.39 Å². The number of furan rings is 1. The first-order chi connectivity index (χ1) is 16.0. The Morgan fingerprint density at radius 1 is 1.03 bits per heavy atom. The van der Waals surface area contributed by atoms with E-state index in [0.29, 0.717) is 24.4 Å². The van der Waals surface area contributed by atoms with Gasteiger partial charge in [0.05, 0.1) is 11.5 Å². The molecular weight excluding hydrogens is 417 g/mol. The van der Waals surface area contributed by atoms with Crippen LogP contribution in [0.15, 0.2) is 77.2 Å². The van der Waals surface area contributed by atoms with Gasteiger partial charge in [0, 0.05) is 24.5 Å². The van der Waals surface area contributed by atoms with Gasteiger partial charge in [0.25, 0.3) is 0 Å². The van der Waals surface area contributed by atoms with Crippen molar-refractivity contribution in [2.24, 2.45) is 5.92 Å². The Hall–Kier alpha value is -3.44. The Bertz CT molecular complexity index is 1290. The van der Waals surface area contributed by atoms with Crippen LogP contribution in [-0.2, 0) is 17.6 Å². The molecule has 0 amide bonds. The van der Waals surface area contributed by atoms with Crippen molar-refractivity contribution in [3.05, 3.63) is 95.3 Å². The predicted octanol–water partition coefficient (Wildman–Crippen LogP) is 6.10. The summed E-state index contributed by atoms with van der Waals surface area (Å²) >= 11 is 0. The van der Waals surface area contributed by atoms with Crippen LogP contribution in [0.1, 0.15) is 29.7 Å². The zero-order chi connectivity index (χ0) is 22.9. The number of aryl methyl sites for hydroxylation is 2. The van der Waals surface area contributed by atoms with Crippen LogP contribution in [0, 0.1) is 11.7 Å². The lowest BCUT2D eigenvalue weighted by molar-refractivity contribution is -0.148. The second-order valence-electron chi connectivity index (χ2n) is 8.87. The molecule has 1 unspecified atom stereocenters. The van der Waals surface area contributed by atoms with Gasteiger partial charge in [0.2, 0.25) is 0 Å². The standard InChI is InChI=1S/C28H26FNO3/c1-18(30-16-23(17-30)28(31)32)21-10-11-24(25(29)14-21)27-15-22-13-20(9-12-26(22)33-27)8-7-19-5-3-2-4-6-19/h2-6,9-15,18,23H,7-8,16-17H2,1H3,(H,31,32). The first kappa shape index (κ1) is 21.4. The summed E-state index contributed by atoms with van der Waals surface area (Å²) in [6, 6.07) is 23.6. The lowest BCUT2D eigenvalue weighted by Gasteiger charge is -2.41. The van der Waals surface area contributed by atoms with Gasteiger partial charge in [-0.15, -0.1) is 0 Å². The van der Waals surface area contributed by atoms with E-state index in [4.69, 9.17) is 9.52 Å². The van der Waals surface area contributed by atoms with Crippen LogP contribution in [0.2, 0.25) is 0 Å². The molecule has 0 aliphatic carbocycles. The van der Waals surface area contributed by atoms with Crippen molar-refractivity contribution in [1.82, 2.24) is 4.90 Å². The van der Waals surface area contributed by atoms with E-state index in [9.17, 15) is 4.79 Å². The average Bonchev–Trinajstić information content (AvgIpc) is 3.20. The van der Waals surface area contributed by atoms with E-state index < -0.39 is 5.97 Å². The summed E-state index contributed by atoms with van der Waals surface area (Å²) in [7, 11) is 0. The van der Waals surface area contributed by atoms with E-state index >= 15 is 4.39 Å². The fourth-order valence-corrected chi connectivity index (χ4v) is 4.50. The molecule has 4 nitrogen and oxygen atoms in total. The summed E-state index contributed by atoms with van der Waals surface area (Å²) in [5.41, 5.74) is 4.53. The molecule has 1 aliphatic rings. The first-order valence-electron chi connectivity index (χ1n) is 11.3. The Morgan fingerprint density at radius 3 is 2.52 bits per heavy atom. The van der Waals surface area contributed by atoms with Crippen LogP contribution >= 0.6 is 0 Å². The number of benzene rings is 3. The number of carboxylic acid groups (broad SMARTS) is 1. The molecule has 0 spiro atoms. The quantitative estimate of drug-likeness (QED) is 0.375. The second kappa shape index (κ2) is 8.83. The molecule has 5 heteroatoms. The molecule has 0 radical (unpaired) electrons. The number of carboxylic acids is 1. The maximum Gasteiger partial charge on any atom is 0.309 e. The normalized spacial score (nSPS) is 15.5. The Balaban J connectivity index is 1.32. The van der Waals surface area contributed by atoms with Crippen molar-refractivity contribution in [2.45, 2.75) is 25.8 Å². The van der Waals surface area contributed by atoms with Gasteiger partial charge in [-0.1, -0.05) is 42.5 Å².